The van der Waals surface area contributed by atoms with Crippen LogP contribution in [0, 0.1) is 0 Å². The Bertz CT molecular complexity index is 316. The number of rotatable bonds is 4. The molecule has 0 aromatic heterocycles. The highest BCUT2D eigenvalue weighted by molar-refractivity contribution is 8.50. The number of benzene rings is 1. The first-order chi connectivity index (χ1) is 7.17. The maximum atomic E-state index is 6.37. The lowest BCUT2D eigenvalue weighted by Gasteiger charge is -2.27. The molecule has 0 heterocycles. The second-order valence-corrected chi connectivity index (χ2v) is 16.1. The summed E-state index contributed by atoms with van der Waals surface area (Å²) < 4.78 is 0. The van der Waals surface area contributed by atoms with Crippen molar-refractivity contribution in [2.24, 2.45) is 0 Å². The molecule has 0 spiro atoms. The van der Waals surface area contributed by atoms with E-state index in [-0.39, 0.29) is 0 Å². The Morgan fingerprint density at radius 1 is 0.812 bits per heavy atom. The lowest BCUT2D eigenvalue weighted by molar-refractivity contribution is 1.27. The van der Waals surface area contributed by atoms with Crippen LogP contribution in [0.3, 0.4) is 0 Å². The van der Waals surface area contributed by atoms with Crippen LogP contribution in [0.4, 0.5) is 0 Å². The molecule has 16 heavy (non-hydrogen) atoms. The predicted molar refractivity (Wildman–Crippen MR) is 84.4 cm³/mol. The molecule has 0 aliphatic rings. The zero-order valence-electron chi connectivity index (χ0n) is 10.3. The predicted octanol–water partition coefficient (Wildman–Crippen LogP) is 5.12. The topological polar surface area (TPSA) is 0 Å². The molecule has 4 heteroatoms. The smallest absolute Gasteiger partial charge is 0.0149 e. The van der Waals surface area contributed by atoms with Crippen molar-refractivity contribution in [3.63, 3.8) is 0 Å². The molecule has 0 fully saturated rings. The van der Waals surface area contributed by atoms with E-state index in [1.54, 1.807) is 0 Å². The molecule has 1 aromatic carbocycles. The fraction of sp³-hybridized carbons (Fsp3) is 0.500. The lowest BCUT2D eigenvalue weighted by Crippen LogP contribution is -2.00. The van der Waals surface area contributed by atoms with Gasteiger partial charge in [0.25, 0.3) is 0 Å². The highest BCUT2D eigenvalue weighted by Crippen LogP contribution is 2.52. The van der Waals surface area contributed by atoms with Gasteiger partial charge in [-0.2, -0.15) is 18.5 Å². The third-order valence-electron chi connectivity index (χ3n) is 2.12. The van der Waals surface area contributed by atoms with Gasteiger partial charge < -0.3 is 0 Å². The zero-order valence-corrected chi connectivity index (χ0v) is 13.4. The minimum Gasteiger partial charge on any atom is -0.165 e. The molecule has 94 valence electrons. The molecule has 0 radical (unpaired) electrons. The average molecular weight is 299 g/mol. The van der Waals surface area contributed by atoms with E-state index >= 15 is 0 Å². The Hall–Kier alpha value is 0.500. The second-order valence-electron chi connectivity index (χ2n) is 4.86. The van der Waals surface area contributed by atoms with Crippen LogP contribution < -0.4 is 0 Å². The van der Waals surface area contributed by atoms with Crippen LogP contribution in [0.15, 0.2) is 24.3 Å². The molecule has 0 aliphatic carbocycles. The number of hydrogen-bond acceptors (Lipinski definition) is 0. The molecule has 0 unspecified atom stereocenters. The van der Waals surface area contributed by atoms with Crippen LogP contribution in [0.25, 0.3) is 0 Å². The summed E-state index contributed by atoms with van der Waals surface area (Å²) in [5, 5.41) is 0. The molecule has 0 saturated heterocycles. The standard InChI is InChI=1S/C12H20Cl2S2/c1-15(2,13)9-11-7-5-6-8-12(11)10-16(3,4)14/h5-8H,9-10H2,1-4H3. The van der Waals surface area contributed by atoms with Gasteiger partial charge in [0.05, 0.1) is 0 Å². The Morgan fingerprint density at radius 2 is 1.12 bits per heavy atom. The maximum Gasteiger partial charge on any atom is 0.0149 e. The molecule has 0 nitrogen and oxygen atoms in total. The minimum absolute atomic E-state index is 0.969. The monoisotopic (exact) mass is 298 g/mol. The van der Waals surface area contributed by atoms with Gasteiger partial charge in [0.2, 0.25) is 0 Å². The van der Waals surface area contributed by atoms with E-state index in [1.807, 2.05) is 0 Å². The molecule has 0 saturated carbocycles. The molecular formula is C12H20Cl2S2. The van der Waals surface area contributed by atoms with Gasteiger partial charge in [-0.1, -0.05) is 45.6 Å². The van der Waals surface area contributed by atoms with Gasteiger partial charge in [-0.05, 0) is 36.1 Å². The van der Waals surface area contributed by atoms with Crippen molar-refractivity contribution < 1.29 is 0 Å². The molecular weight excluding hydrogens is 279 g/mol. The van der Waals surface area contributed by atoms with Crippen molar-refractivity contribution >= 4 is 39.8 Å². The van der Waals surface area contributed by atoms with Gasteiger partial charge >= 0.3 is 0 Å². The van der Waals surface area contributed by atoms with Gasteiger partial charge in [-0.15, -0.1) is 0 Å². The van der Waals surface area contributed by atoms with Crippen molar-refractivity contribution in [3.8, 4) is 0 Å². The van der Waals surface area contributed by atoms with Crippen molar-refractivity contribution in [2.75, 3.05) is 25.0 Å². The van der Waals surface area contributed by atoms with Crippen LogP contribution >= 0.6 is 39.8 Å². The van der Waals surface area contributed by atoms with E-state index < -0.39 is 18.5 Å². The SMILES string of the molecule is CS(C)(Cl)Cc1ccccc1CS(C)(C)Cl. The average Bonchev–Trinajstić information content (AvgIpc) is 2.03. The maximum absolute atomic E-state index is 6.37. The van der Waals surface area contributed by atoms with Crippen LogP contribution in [0.5, 0.6) is 0 Å². The van der Waals surface area contributed by atoms with Crippen molar-refractivity contribution in [2.45, 2.75) is 11.5 Å². The summed E-state index contributed by atoms with van der Waals surface area (Å²) in [6.07, 6.45) is 8.52. The van der Waals surface area contributed by atoms with Crippen LogP contribution in [0.1, 0.15) is 11.1 Å². The van der Waals surface area contributed by atoms with E-state index in [2.05, 4.69) is 49.3 Å². The van der Waals surface area contributed by atoms with Crippen molar-refractivity contribution in [1.82, 2.24) is 0 Å². The third-order valence-corrected chi connectivity index (χ3v) is 4.77. The Labute approximate surface area is 111 Å². The van der Waals surface area contributed by atoms with E-state index in [4.69, 9.17) is 21.4 Å². The largest absolute Gasteiger partial charge is 0.165 e. The van der Waals surface area contributed by atoms with Gasteiger partial charge in [0.1, 0.15) is 0 Å². The third kappa shape index (κ3) is 5.72. The van der Waals surface area contributed by atoms with E-state index in [9.17, 15) is 0 Å². The molecule has 1 rings (SSSR count). The van der Waals surface area contributed by atoms with Gasteiger partial charge in [0, 0.05) is 11.5 Å². The van der Waals surface area contributed by atoms with Crippen molar-refractivity contribution in [1.29, 1.82) is 0 Å². The van der Waals surface area contributed by atoms with E-state index in [1.165, 1.54) is 11.1 Å². The molecule has 0 aliphatic heterocycles. The van der Waals surface area contributed by atoms with Crippen LogP contribution in [-0.4, -0.2) is 25.0 Å². The van der Waals surface area contributed by atoms with Crippen molar-refractivity contribution in [3.05, 3.63) is 35.4 Å². The molecule has 0 bridgehead atoms. The first-order valence-corrected chi connectivity index (χ1v) is 11.9. The molecule has 1 aromatic rings. The van der Waals surface area contributed by atoms with E-state index in [0.717, 1.165) is 11.5 Å². The summed E-state index contributed by atoms with van der Waals surface area (Å²) in [6, 6.07) is 8.51. The normalized spacial score (nSPS) is 14.9. The van der Waals surface area contributed by atoms with Crippen LogP contribution in [0.2, 0.25) is 0 Å². The fourth-order valence-corrected chi connectivity index (χ4v) is 4.33. The quantitative estimate of drug-likeness (QED) is 0.723. The van der Waals surface area contributed by atoms with Gasteiger partial charge in [0.15, 0.2) is 0 Å². The molecule has 0 N–H and O–H groups in total. The van der Waals surface area contributed by atoms with Gasteiger partial charge in [-0.3, -0.25) is 0 Å². The zero-order chi connectivity index (χ0) is 12.4. The first kappa shape index (κ1) is 14.6. The Kier molecular flexibility index (Phi) is 4.94. The summed E-state index contributed by atoms with van der Waals surface area (Å²) in [5.74, 6) is 1.94. The van der Waals surface area contributed by atoms with Crippen LogP contribution in [-0.2, 0) is 11.5 Å². The molecule has 0 amide bonds. The number of halogens is 2. The van der Waals surface area contributed by atoms with E-state index in [0.29, 0.717) is 0 Å². The summed E-state index contributed by atoms with van der Waals surface area (Å²) in [4.78, 5) is 0. The summed E-state index contributed by atoms with van der Waals surface area (Å²) in [5.41, 5.74) is 2.72. The van der Waals surface area contributed by atoms with Gasteiger partial charge in [-0.25, -0.2) is 0 Å². The lowest BCUT2D eigenvalue weighted by atomic mass is 10.1. The highest BCUT2D eigenvalue weighted by atomic mass is 35.7. The summed E-state index contributed by atoms with van der Waals surface area (Å²) in [7, 11) is 10.7. The second kappa shape index (κ2) is 5.43. The Balaban J connectivity index is 2.92. The molecule has 0 atom stereocenters. The Morgan fingerprint density at radius 3 is 1.38 bits per heavy atom. The summed E-state index contributed by atoms with van der Waals surface area (Å²) >= 11 is 0. The minimum atomic E-state index is -1.02. The summed E-state index contributed by atoms with van der Waals surface area (Å²) in [6.45, 7) is 0. The first-order valence-electron chi connectivity index (χ1n) is 5.05. The fourth-order valence-electron chi connectivity index (χ4n) is 1.58. The highest BCUT2D eigenvalue weighted by Gasteiger charge is 2.15. The number of hydrogen-bond donors (Lipinski definition) is 0.